The molecule has 0 radical (unpaired) electrons. The third-order valence-corrected chi connectivity index (χ3v) is 2.32. The SMILES string of the molecule is CNCC(C)C(N)c1ccccc1. The first kappa shape index (κ1) is 10.2. The summed E-state index contributed by atoms with van der Waals surface area (Å²) >= 11 is 0. The van der Waals surface area contributed by atoms with E-state index in [1.807, 2.05) is 25.2 Å². The molecule has 0 aromatic heterocycles. The molecule has 0 aliphatic heterocycles. The van der Waals surface area contributed by atoms with Gasteiger partial charge in [0.2, 0.25) is 0 Å². The van der Waals surface area contributed by atoms with Crippen LogP contribution in [-0.2, 0) is 0 Å². The fraction of sp³-hybridized carbons (Fsp3) is 0.455. The number of benzene rings is 1. The zero-order valence-electron chi connectivity index (χ0n) is 8.33. The summed E-state index contributed by atoms with van der Waals surface area (Å²) < 4.78 is 0. The number of hydrogen-bond donors (Lipinski definition) is 2. The van der Waals surface area contributed by atoms with Gasteiger partial charge in [-0.15, -0.1) is 0 Å². The quantitative estimate of drug-likeness (QED) is 0.734. The van der Waals surface area contributed by atoms with E-state index in [2.05, 4.69) is 24.4 Å². The van der Waals surface area contributed by atoms with E-state index in [1.165, 1.54) is 5.56 Å². The van der Waals surface area contributed by atoms with Gasteiger partial charge in [0, 0.05) is 6.04 Å². The summed E-state index contributed by atoms with van der Waals surface area (Å²) in [7, 11) is 1.95. The van der Waals surface area contributed by atoms with Crippen molar-refractivity contribution in [1.29, 1.82) is 0 Å². The second kappa shape index (κ2) is 5.00. The van der Waals surface area contributed by atoms with E-state index in [1.54, 1.807) is 0 Å². The molecule has 2 nitrogen and oxygen atoms in total. The number of nitrogens with two attached hydrogens (primary N) is 1. The molecule has 2 atom stereocenters. The summed E-state index contributed by atoms with van der Waals surface area (Å²) in [5.74, 6) is 0.465. The van der Waals surface area contributed by atoms with Gasteiger partial charge in [0.25, 0.3) is 0 Å². The largest absolute Gasteiger partial charge is 0.324 e. The fourth-order valence-corrected chi connectivity index (χ4v) is 1.45. The van der Waals surface area contributed by atoms with Crippen LogP contribution in [0.5, 0.6) is 0 Å². The molecule has 0 saturated heterocycles. The Morgan fingerprint density at radius 3 is 2.46 bits per heavy atom. The summed E-state index contributed by atoms with van der Waals surface area (Å²) in [6.07, 6.45) is 0. The standard InChI is InChI=1S/C11H18N2/c1-9(8-13-2)11(12)10-6-4-3-5-7-10/h3-7,9,11,13H,8,12H2,1-2H3. The van der Waals surface area contributed by atoms with Crippen molar-refractivity contribution in [2.45, 2.75) is 13.0 Å². The molecule has 0 heterocycles. The van der Waals surface area contributed by atoms with Crippen LogP contribution in [0.3, 0.4) is 0 Å². The Labute approximate surface area is 80.1 Å². The van der Waals surface area contributed by atoms with Gasteiger partial charge in [-0.05, 0) is 25.1 Å². The highest BCUT2D eigenvalue weighted by Crippen LogP contribution is 2.17. The maximum Gasteiger partial charge on any atom is 0.0333 e. The van der Waals surface area contributed by atoms with Crippen LogP contribution >= 0.6 is 0 Å². The van der Waals surface area contributed by atoms with E-state index >= 15 is 0 Å². The van der Waals surface area contributed by atoms with Gasteiger partial charge in [0.05, 0.1) is 0 Å². The van der Waals surface area contributed by atoms with Crippen LogP contribution in [0.25, 0.3) is 0 Å². The minimum Gasteiger partial charge on any atom is -0.324 e. The smallest absolute Gasteiger partial charge is 0.0333 e. The molecule has 2 unspecified atom stereocenters. The van der Waals surface area contributed by atoms with Crippen molar-refractivity contribution < 1.29 is 0 Å². The molecular formula is C11H18N2. The molecule has 0 bridgehead atoms. The Bertz CT molecular complexity index is 233. The summed E-state index contributed by atoms with van der Waals surface area (Å²) in [6, 6.07) is 10.4. The summed E-state index contributed by atoms with van der Waals surface area (Å²) in [4.78, 5) is 0. The third-order valence-electron chi connectivity index (χ3n) is 2.32. The molecule has 0 amide bonds. The minimum atomic E-state index is 0.133. The Balaban J connectivity index is 2.62. The molecule has 2 heteroatoms. The van der Waals surface area contributed by atoms with Crippen LogP contribution in [0.15, 0.2) is 30.3 Å². The van der Waals surface area contributed by atoms with Crippen LogP contribution in [0.1, 0.15) is 18.5 Å². The van der Waals surface area contributed by atoms with E-state index in [4.69, 9.17) is 5.73 Å². The average Bonchev–Trinajstić information content (AvgIpc) is 2.18. The molecule has 0 aliphatic carbocycles. The highest BCUT2D eigenvalue weighted by molar-refractivity contribution is 5.18. The summed E-state index contributed by atoms with van der Waals surface area (Å²) in [5.41, 5.74) is 7.30. The average molecular weight is 178 g/mol. The molecule has 72 valence electrons. The Hall–Kier alpha value is -0.860. The minimum absolute atomic E-state index is 0.133. The molecule has 0 saturated carbocycles. The van der Waals surface area contributed by atoms with Gasteiger partial charge in [-0.3, -0.25) is 0 Å². The van der Waals surface area contributed by atoms with Crippen molar-refractivity contribution in [3.63, 3.8) is 0 Å². The maximum atomic E-state index is 6.08. The molecule has 13 heavy (non-hydrogen) atoms. The maximum absolute atomic E-state index is 6.08. The van der Waals surface area contributed by atoms with Gasteiger partial charge in [0.15, 0.2) is 0 Å². The number of rotatable bonds is 4. The van der Waals surface area contributed by atoms with E-state index in [0.29, 0.717) is 5.92 Å². The first-order chi connectivity index (χ1) is 6.25. The van der Waals surface area contributed by atoms with E-state index in [-0.39, 0.29) is 6.04 Å². The third kappa shape index (κ3) is 2.83. The molecule has 1 aromatic carbocycles. The lowest BCUT2D eigenvalue weighted by atomic mass is 9.95. The highest BCUT2D eigenvalue weighted by Gasteiger charge is 2.12. The number of hydrogen-bond acceptors (Lipinski definition) is 2. The van der Waals surface area contributed by atoms with Gasteiger partial charge >= 0.3 is 0 Å². The highest BCUT2D eigenvalue weighted by atomic mass is 14.8. The monoisotopic (exact) mass is 178 g/mol. The van der Waals surface area contributed by atoms with Crippen molar-refractivity contribution in [2.75, 3.05) is 13.6 Å². The van der Waals surface area contributed by atoms with Gasteiger partial charge in [0.1, 0.15) is 0 Å². The van der Waals surface area contributed by atoms with E-state index < -0.39 is 0 Å². The molecule has 0 fully saturated rings. The zero-order valence-corrected chi connectivity index (χ0v) is 8.33. The summed E-state index contributed by atoms with van der Waals surface area (Å²) in [6.45, 7) is 3.12. The van der Waals surface area contributed by atoms with Gasteiger partial charge in [-0.25, -0.2) is 0 Å². The van der Waals surface area contributed by atoms with E-state index in [9.17, 15) is 0 Å². The lowest BCUT2D eigenvalue weighted by molar-refractivity contribution is 0.451. The zero-order chi connectivity index (χ0) is 9.68. The first-order valence-corrected chi connectivity index (χ1v) is 4.71. The fourth-order valence-electron chi connectivity index (χ4n) is 1.45. The van der Waals surface area contributed by atoms with Crippen LogP contribution in [0, 0.1) is 5.92 Å². The van der Waals surface area contributed by atoms with Crippen LogP contribution in [0.4, 0.5) is 0 Å². The molecule has 1 aromatic rings. The predicted octanol–water partition coefficient (Wildman–Crippen LogP) is 1.54. The first-order valence-electron chi connectivity index (χ1n) is 4.71. The van der Waals surface area contributed by atoms with Gasteiger partial charge < -0.3 is 11.1 Å². The van der Waals surface area contributed by atoms with Crippen LogP contribution in [-0.4, -0.2) is 13.6 Å². The van der Waals surface area contributed by atoms with Crippen molar-refractivity contribution >= 4 is 0 Å². The topological polar surface area (TPSA) is 38.0 Å². The van der Waals surface area contributed by atoms with Crippen molar-refractivity contribution in [2.24, 2.45) is 11.7 Å². The molecule has 3 N–H and O–H groups in total. The molecule has 0 spiro atoms. The predicted molar refractivity (Wildman–Crippen MR) is 56.5 cm³/mol. The lowest BCUT2D eigenvalue weighted by Crippen LogP contribution is -2.27. The molecule has 1 rings (SSSR count). The van der Waals surface area contributed by atoms with Crippen LogP contribution < -0.4 is 11.1 Å². The van der Waals surface area contributed by atoms with Crippen molar-refractivity contribution in [1.82, 2.24) is 5.32 Å². The molecule has 0 aliphatic rings. The Morgan fingerprint density at radius 2 is 1.92 bits per heavy atom. The Kier molecular flexibility index (Phi) is 3.93. The lowest BCUT2D eigenvalue weighted by Gasteiger charge is -2.19. The van der Waals surface area contributed by atoms with Gasteiger partial charge in [-0.2, -0.15) is 0 Å². The van der Waals surface area contributed by atoms with Gasteiger partial charge in [-0.1, -0.05) is 37.3 Å². The molecular weight excluding hydrogens is 160 g/mol. The summed E-state index contributed by atoms with van der Waals surface area (Å²) in [5, 5.41) is 3.14. The van der Waals surface area contributed by atoms with E-state index in [0.717, 1.165) is 6.54 Å². The normalized spacial score (nSPS) is 15.3. The number of nitrogens with one attached hydrogen (secondary N) is 1. The second-order valence-corrected chi connectivity index (χ2v) is 3.47. The second-order valence-electron chi connectivity index (χ2n) is 3.47. The van der Waals surface area contributed by atoms with Crippen molar-refractivity contribution in [3.8, 4) is 0 Å². The Morgan fingerprint density at radius 1 is 1.31 bits per heavy atom. The van der Waals surface area contributed by atoms with Crippen molar-refractivity contribution in [3.05, 3.63) is 35.9 Å². The van der Waals surface area contributed by atoms with Crippen LogP contribution in [0.2, 0.25) is 0 Å².